The van der Waals surface area contributed by atoms with Gasteiger partial charge in [-0.3, -0.25) is 0 Å². The summed E-state index contributed by atoms with van der Waals surface area (Å²) in [5.41, 5.74) is 0.584. The number of aliphatic hydroxyl groups excluding tert-OH is 1. The van der Waals surface area contributed by atoms with Crippen LogP contribution in [-0.4, -0.2) is 21.3 Å². The summed E-state index contributed by atoms with van der Waals surface area (Å²) in [6, 6.07) is 4.14. The van der Waals surface area contributed by atoms with Crippen molar-refractivity contribution in [2.45, 2.75) is 19.4 Å². The van der Waals surface area contributed by atoms with Crippen LogP contribution in [0.1, 0.15) is 24.4 Å². The predicted molar refractivity (Wildman–Crippen MR) is 69.4 cm³/mol. The Hall–Kier alpha value is -1.88. The highest BCUT2D eigenvalue weighted by molar-refractivity contribution is 5.35. The molecule has 0 fully saturated rings. The number of imidazole rings is 1. The van der Waals surface area contributed by atoms with Gasteiger partial charge in [0.15, 0.2) is 0 Å². The first-order chi connectivity index (χ1) is 9.08. The van der Waals surface area contributed by atoms with Crippen molar-refractivity contribution in [2.75, 3.05) is 6.61 Å². The summed E-state index contributed by atoms with van der Waals surface area (Å²) in [7, 11) is 1.91. The van der Waals surface area contributed by atoms with Gasteiger partial charge < -0.3 is 14.4 Å². The monoisotopic (exact) mass is 264 g/mol. The van der Waals surface area contributed by atoms with Crippen molar-refractivity contribution in [3.05, 3.63) is 47.8 Å². The molecule has 0 aliphatic carbocycles. The quantitative estimate of drug-likeness (QED) is 0.901. The Morgan fingerprint density at radius 1 is 1.47 bits per heavy atom. The summed E-state index contributed by atoms with van der Waals surface area (Å²) >= 11 is 0. The molecule has 102 valence electrons. The van der Waals surface area contributed by atoms with Gasteiger partial charge in [0.2, 0.25) is 0 Å². The summed E-state index contributed by atoms with van der Waals surface area (Å²) in [6.45, 7) is 2.01. The number of hydrogen-bond acceptors (Lipinski definition) is 3. The van der Waals surface area contributed by atoms with Gasteiger partial charge >= 0.3 is 0 Å². The Bertz CT molecular complexity index is 552. The van der Waals surface area contributed by atoms with Gasteiger partial charge in [0.1, 0.15) is 17.4 Å². The molecule has 0 saturated carbocycles. The molecule has 0 saturated heterocycles. The van der Waals surface area contributed by atoms with E-state index in [9.17, 15) is 9.50 Å². The van der Waals surface area contributed by atoms with Gasteiger partial charge in [-0.25, -0.2) is 9.37 Å². The molecule has 0 aliphatic rings. The van der Waals surface area contributed by atoms with E-state index in [2.05, 4.69) is 4.98 Å². The van der Waals surface area contributed by atoms with E-state index in [-0.39, 0.29) is 5.82 Å². The van der Waals surface area contributed by atoms with Gasteiger partial charge in [0, 0.05) is 37.5 Å². The van der Waals surface area contributed by atoms with E-state index in [1.54, 1.807) is 13.1 Å². The molecular formula is C14H17FN2O2. The van der Waals surface area contributed by atoms with Crippen LogP contribution in [0.3, 0.4) is 0 Å². The molecule has 2 aromatic rings. The molecule has 0 radical (unpaired) electrons. The van der Waals surface area contributed by atoms with Crippen LogP contribution in [0.5, 0.6) is 5.75 Å². The first-order valence-electron chi connectivity index (χ1n) is 6.14. The van der Waals surface area contributed by atoms with Gasteiger partial charge in [0.05, 0.1) is 12.7 Å². The van der Waals surface area contributed by atoms with Crippen LogP contribution in [-0.2, 0) is 13.5 Å². The summed E-state index contributed by atoms with van der Waals surface area (Å²) in [6.07, 6.45) is 3.51. The molecule has 19 heavy (non-hydrogen) atoms. The van der Waals surface area contributed by atoms with Crippen molar-refractivity contribution >= 4 is 0 Å². The molecule has 4 nitrogen and oxygen atoms in total. The third-order valence-electron chi connectivity index (χ3n) is 2.93. The van der Waals surface area contributed by atoms with Crippen LogP contribution in [0.4, 0.5) is 4.39 Å². The average molecular weight is 264 g/mol. The standard InChI is InChI=1S/C14H17FN2O2/c1-10(18)12-4-3-11(15)9-13(12)19-8-5-14-16-6-7-17(14)2/h3-4,6-7,9-10,18H,5,8H2,1-2H3/t10-/m1/s1. The van der Waals surface area contributed by atoms with Crippen LogP contribution in [0.25, 0.3) is 0 Å². The maximum atomic E-state index is 13.2. The number of aliphatic hydroxyl groups is 1. The van der Waals surface area contributed by atoms with Gasteiger partial charge in [-0.15, -0.1) is 0 Å². The van der Waals surface area contributed by atoms with Crippen LogP contribution in [0, 0.1) is 5.82 Å². The second-order valence-electron chi connectivity index (χ2n) is 4.41. The van der Waals surface area contributed by atoms with Crippen molar-refractivity contribution < 1.29 is 14.2 Å². The Morgan fingerprint density at radius 3 is 2.89 bits per heavy atom. The number of hydrogen-bond donors (Lipinski definition) is 1. The third-order valence-corrected chi connectivity index (χ3v) is 2.93. The molecule has 1 N–H and O–H groups in total. The molecule has 1 heterocycles. The summed E-state index contributed by atoms with van der Waals surface area (Å²) in [5.74, 6) is 0.899. The van der Waals surface area contributed by atoms with Crippen molar-refractivity contribution in [2.24, 2.45) is 7.05 Å². The smallest absolute Gasteiger partial charge is 0.128 e. The molecule has 0 spiro atoms. The fraction of sp³-hybridized carbons (Fsp3) is 0.357. The van der Waals surface area contributed by atoms with Crippen LogP contribution in [0.15, 0.2) is 30.6 Å². The molecule has 1 aromatic carbocycles. The predicted octanol–water partition coefficient (Wildman–Crippen LogP) is 2.23. The Morgan fingerprint density at radius 2 is 2.26 bits per heavy atom. The molecule has 0 aliphatic heterocycles. The molecular weight excluding hydrogens is 247 g/mol. The Kier molecular flexibility index (Phi) is 4.16. The highest BCUT2D eigenvalue weighted by Crippen LogP contribution is 2.26. The van der Waals surface area contributed by atoms with Gasteiger partial charge in [-0.1, -0.05) is 0 Å². The molecule has 0 amide bonds. The van der Waals surface area contributed by atoms with E-state index < -0.39 is 6.10 Å². The minimum Gasteiger partial charge on any atom is -0.493 e. The van der Waals surface area contributed by atoms with Crippen molar-refractivity contribution in [1.82, 2.24) is 9.55 Å². The number of benzene rings is 1. The second kappa shape index (κ2) is 5.84. The number of ether oxygens (including phenoxy) is 1. The molecule has 0 unspecified atom stereocenters. The minimum absolute atomic E-state index is 0.378. The first kappa shape index (κ1) is 13.5. The zero-order valence-electron chi connectivity index (χ0n) is 11.0. The molecule has 2 rings (SSSR count). The summed E-state index contributed by atoms with van der Waals surface area (Å²) < 4.78 is 20.7. The number of nitrogens with zero attached hydrogens (tertiary/aromatic N) is 2. The van der Waals surface area contributed by atoms with Gasteiger partial charge in [0.25, 0.3) is 0 Å². The van der Waals surface area contributed by atoms with E-state index in [0.717, 1.165) is 5.82 Å². The third kappa shape index (κ3) is 3.32. The Labute approximate surface area is 111 Å². The SMILES string of the molecule is C[C@@H](O)c1ccc(F)cc1OCCc1nccn1C. The van der Waals surface area contributed by atoms with Crippen LogP contribution in [0.2, 0.25) is 0 Å². The van der Waals surface area contributed by atoms with Gasteiger partial charge in [-0.2, -0.15) is 0 Å². The number of halogens is 1. The maximum Gasteiger partial charge on any atom is 0.128 e. The fourth-order valence-electron chi connectivity index (χ4n) is 1.87. The lowest BCUT2D eigenvalue weighted by Gasteiger charge is -2.13. The van der Waals surface area contributed by atoms with Crippen molar-refractivity contribution in [1.29, 1.82) is 0 Å². The highest BCUT2D eigenvalue weighted by atomic mass is 19.1. The van der Waals surface area contributed by atoms with E-state index in [0.29, 0.717) is 24.3 Å². The Balaban J connectivity index is 2.03. The van der Waals surface area contributed by atoms with Crippen molar-refractivity contribution in [3.63, 3.8) is 0 Å². The first-order valence-corrected chi connectivity index (χ1v) is 6.14. The molecule has 1 atom stereocenters. The maximum absolute atomic E-state index is 13.2. The van der Waals surface area contributed by atoms with Gasteiger partial charge in [-0.05, 0) is 19.1 Å². The summed E-state index contributed by atoms with van der Waals surface area (Å²) in [4.78, 5) is 4.18. The summed E-state index contributed by atoms with van der Waals surface area (Å²) in [5, 5.41) is 9.60. The van der Waals surface area contributed by atoms with E-state index in [4.69, 9.17) is 4.74 Å². The van der Waals surface area contributed by atoms with E-state index in [1.807, 2.05) is 17.8 Å². The normalized spacial score (nSPS) is 12.4. The fourth-order valence-corrected chi connectivity index (χ4v) is 1.87. The van der Waals surface area contributed by atoms with Crippen LogP contribution < -0.4 is 4.74 Å². The lowest BCUT2D eigenvalue weighted by molar-refractivity contribution is 0.191. The highest BCUT2D eigenvalue weighted by Gasteiger charge is 2.10. The largest absolute Gasteiger partial charge is 0.493 e. The second-order valence-corrected chi connectivity index (χ2v) is 4.41. The zero-order chi connectivity index (χ0) is 13.8. The molecule has 5 heteroatoms. The minimum atomic E-state index is -0.691. The van der Waals surface area contributed by atoms with Crippen molar-refractivity contribution in [3.8, 4) is 5.75 Å². The molecule has 1 aromatic heterocycles. The zero-order valence-corrected chi connectivity index (χ0v) is 11.0. The number of aromatic nitrogens is 2. The van der Waals surface area contributed by atoms with E-state index >= 15 is 0 Å². The lowest BCUT2D eigenvalue weighted by Crippen LogP contribution is -2.08. The number of aryl methyl sites for hydroxylation is 1. The topological polar surface area (TPSA) is 47.3 Å². The lowest BCUT2D eigenvalue weighted by atomic mass is 10.1. The number of rotatable bonds is 5. The average Bonchev–Trinajstić information content (AvgIpc) is 2.75. The van der Waals surface area contributed by atoms with Crippen LogP contribution >= 0.6 is 0 Å². The molecule has 0 bridgehead atoms. The van der Waals surface area contributed by atoms with E-state index in [1.165, 1.54) is 18.2 Å².